The van der Waals surface area contributed by atoms with Gasteiger partial charge in [0.15, 0.2) is 5.65 Å². The van der Waals surface area contributed by atoms with E-state index in [2.05, 4.69) is 67.2 Å². The number of aryl methyl sites for hydroxylation is 1. The molecule has 3 heterocycles. The molecule has 0 amide bonds. The minimum absolute atomic E-state index is 0.0676. The van der Waals surface area contributed by atoms with Gasteiger partial charge in [0.1, 0.15) is 5.82 Å². The first-order chi connectivity index (χ1) is 13.3. The van der Waals surface area contributed by atoms with Crippen molar-refractivity contribution in [2.45, 2.75) is 33.2 Å². The molecule has 3 aromatic heterocycles. The Morgan fingerprint density at radius 3 is 2.46 bits per heavy atom. The van der Waals surface area contributed by atoms with E-state index in [1.165, 1.54) is 16.7 Å². The van der Waals surface area contributed by atoms with E-state index in [4.69, 9.17) is 6.42 Å². The zero-order valence-electron chi connectivity index (χ0n) is 16.4. The third-order valence-electron chi connectivity index (χ3n) is 4.24. The largest absolute Gasteiger partial charge is 0.365 e. The summed E-state index contributed by atoms with van der Waals surface area (Å²) < 4.78 is 1.80. The van der Waals surface area contributed by atoms with Crippen molar-refractivity contribution in [3.05, 3.63) is 59.1 Å². The third kappa shape index (κ3) is 3.78. The molecule has 1 N–H and O–H groups in total. The topological polar surface area (TPSA) is 42.2 Å². The Bertz CT molecular complexity index is 1180. The normalized spacial score (nSPS) is 11.5. The summed E-state index contributed by atoms with van der Waals surface area (Å²) >= 11 is 1.60. The van der Waals surface area contributed by atoms with E-state index in [9.17, 15) is 0 Å². The third-order valence-corrected chi connectivity index (χ3v) is 5.18. The summed E-state index contributed by atoms with van der Waals surface area (Å²) in [7, 11) is 0. The quantitative estimate of drug-likeness (QED) is 0.400. The molecule has 0 aromatic carbocycles. The van der Waals surface area contributed by atoms with Gasteiger partial charge in [-0.1, -0.05) is 18.1 Å². The Kier molecular flexibility index (Phi) is 4.44. The maximum absolute atomic E-state index is 5.56. The Morgan fingerprint density at radius 1 is 1.11 bits per heavy atom. The Balaban J connectivity index is 0.000000227. The van der Waals surface area contributed by atoms with Crippen LogP contribution in [0, 0.1) is 19.3 Å². The monoisotopic (exact) mass is 386 g/mol. The van der Waals surface area contributed by atoms with Gasteiger partial charge in [-0.15, -0.1) is 17.8 Å². The van der Waals surface area contributed by atoms with Crippen LogP contribution in [0.2, 0.25) is 0 Å². The molecule has 2 aliphatic rings. The second kappa shape index (κ2) is 6.81. The lowest BCUT2D eigenvalue weighted by Gasteiger charge is -2.22. The number of benzene rings is 1. The van der Waals surface area contributed by atoms with E-state index in [1.54, 1.807) is 22.0 Å². The van der Waals surface area contributed by atoms with Gasteiger partial charge in [-0.05, 0) is 61.9 Å². The maximum atomic E-state index is 5.56. The van der Waals surface area contributed by atoms with E-state index in [-0.39, 0.29) is 5.54 Å². The number of anilines is 1. The zero-order valence-corrected chi connectivity index (χ0v) is 17.3. The van der Waals surface area contributed by atoms with Crippen LogP contribution < -0.4 is 5.32 Å². The molecule has 140 valence electrons. The van der Waals surface area contributed by atoms with E-state index >= 15 is 0 Å². The molecule has 0 fully saturated rings. The summed E-state index contributed by atoms with van der Waals surface area (Å²) in [6.07, 6.45) is 7.31. The highest BCUT2D eigenvalue weighted by atomic mass is 32.1. The molecule has 0 radical (unpaired) electrons. The van der Waals surface area contributed by atoms with Gasteiger partial charge >= 0.3 is 0 Å². The van der Waals surface area contributed by atoms with Crippen molar-refractivity contribution in [3.63, 3.8) is 0 Å². The summed E-state index contributed by atoms with van der Waals surface area (Å²) in [6, 6.07) is 12.4. The predicted octanol–water partition coefficient (Wildman–Crippen LogP) is 5.62. The molecule has 3 aromatic rings. The molecule has 0 saturated carbocycles. The highest BCUT2D eigenvalue weighted by Gasteiger charge is 2.16. The minimum Gasteiger partial charge on any atom is -0.365 e. The molecule has 0 spiro atoms. The van der Waals surface area contributed by atoms with Crippen LogP contribution >= 0.6 is 11.3 Å². The van der Waals surface area contributed by atoms with Crippen LogP contribution in [0.15, 0.2) is 48.0 Å². The van der Waals surface area contributed by atoms with Crippen molar-refractivity contribution >= 4 is 22.8 Å². The van der Waals surface area contributed by atoms with Crippen molar-refractivity contribution in [3.8, 4) is 34.0 Å². The Labute approximate surface area is 169 Å². The predicted molar refractivity (Wildman–Crippen MR) is 118 cm³/mol. The van der Waals surface area contributed by atoms with Crippen LogP contribution in [0.25, 0.3) is 27.3 Å². The van der Waals surface area contributed by atoms with E-state index in [0.717, 1.165) is 27.6 Å². The lowest BCUT2D eigenvalue weighted by molar-refractivity contribution is 0.625. The second-order valence-electron chi connectivity index (χ2n) is 7.90. The van der Waals surface area contributed by atoms with Crippen molar-refractivity contribution < 1.29 is 0 Å². The number of nitrogens with one attached hydrogen (secondary N) is 1. The first-order valence-corrected chi connectivity index (χ1v) is 10.0. The number of rotatable bonds is 2. The summed E-state index contributed by atoms with van der Waals surface area (Å²) in [5, 5.41) is 9.78. The fourth-order valence-corrected chi connectivity index (χ4v) is 3.86. The fourth-order valence-electron chi connectivity index (χ4n) is 3.04. The van der Waals surface area contributed by atoms with Gasteiger partial charge in [-0.25, -0.2) is 4.98 Å². The van der Waals surface area contributed by atoms with Crippen molar-refractivity contribution in [1.29, 1.82) is 0 Å². The number of terminal acetylenes is 1. The van der Waals surface area contributed by atoms with E-state index in [1.807, 2.05) is 23.6 Å². The number of hydrogen-bond acceptors (Lipinski definition) is 4. The number of aromatic nitrogens is 3. The van der Waals surface area contributed by atoms with Crippen molar-refractivity contribution in [2.75, 3.05) is 5.32 Å². The van der Waals surface area contributed by atoms with Crippen LogP contribution in [0.5, 0.6) is 0 Å². The van der Waals surface area contributed by atoms with Gasteiger partial charge in [0, 0.05) is 23.2 Å². The Hall–Kier alpha value is -3.10. The molecule has 0 atom stereocenters. The van der Waals surface area contributed by atoms with Crippen LogP contribution in [0.4, 0.5) is 5.82 Å². The Morgan fingerprint density at radius 2 is 1.86 bits per heavy atom. The van der Waals surface area contributed by atoms with Crippen LogP contribution in [0.1, 0.15) is 31.9 Å². The van der Waals surface area contributed by atoms with Crippen molar-refractivity contribution in [2.24, 2.45) is 0 Å². The molecule has 5 rings (SSSR count). The average Bonchev–Trinajstić information content (AvgIpc) is 3.05. The SMILES string of the molecule is C#Cc1ccsc1-c1cc(NC(C)(C)C)n2nccc2n1.Cc1cc2cc-2c1. The van der Waals surface area contributed by atoms with E-state index < -0.39 is 0 Å². The molecule has 0 bridgehead atoms. The van der Waals surface area contributed by atoms with Gasteiger partial charge < -0.3 is 5.32 Å². The molecule has 0 aliphatic heterocycles. The van der Waals surface area contributed by atoms with Gasteiger partial charge in [0.2, 0.25) is 0 Å². The van der Waals surface area contributed by atoms with Crippen LogP contribution in [-0.2, 0) is 0 Å². The first kappa shape index (κ1) is 18.3. The lowest BCUT2D eigenvalue weighted by Crippen LogP contribution is -2.27. The summed E-state index contributed by atoms with van der Waals surface area (Å²) in [6.45, 7) is 8.46. The molecule has 4 nitrogen and oxygen atoms in total. The molecular formula is C23H22N4S. The smallest absolute Gasteiger partial charge is 0.158 e. The number of fused-ring (bicyclic) bond motifs is 2. The van der Waals surface area contributed by atoms with Gasteiger partial charge in [0.05, 0.1) is 16.8 Å². The number of thiophene rings is 1. The minimum atomic E-state index is -0.0676. The van der Waals surface area contributed by atoms with Crippen LogP contribution in [0.3, 0.4) is 0 Å². The van der Waals surface area contributed by atoms with Crippen LogP contribution in [-0.4, -0.2) is 20.1 Å². The molecule has 5 heteroatoms. The highest BCUT2D eigenvalue weighted by Crippen LogP contribution is 2.35. The molecule has 0 unspecified atom stereocenters. The molecule has 0 saturated heterocycles. The summed E-state index contributed by atoms with van der Waals surface area (Å²) in [5.74, 6) is 3.62. The van der Waals surface area contributed by atoms with Gasteiger partial charge in [-0.2, -0.15) is 9.61 Å². The zero-order chi connectivity index (χ0) is 19.9. The number of nitrogens with zero attached hydrogens (tertiary/aromatic N) is 3. The molecular weight excluding hydrogens is 364 g/mol. The molecule has 2 aliphatic carbocycles. The molecule has 28 heavy (non-hydrogen) atoms. The highest BCUT2D eigenvalue weighted by molar-refractivity contribution is 7.13. The standard InChI is InChI=1S/C16H16N4S.C7H6/c1-5-11-7-9-21-15(11)12-10-14(19-16(2,3)4)20-13(18-12)6-8-17-20;1-5-2-6-4-7(6)3-5/h1,6-10,19H,2-4H3;2-4H,1H3. The first-order valence-electron chi connectivity index (χ1n) is 9.13. The van der Waals surface area contributed by atoms with Gasteiger partial charge in [0.25, 0.3) is 0 Å². The maximum Gasteiger partial charge on any atom is 0.158 e. The second-order valence-corrected chi connectivity index (χ2v) is 8.81. The lowest BCUT2D eigenvalue weighted by atomic mass is 10.1. The summed E-state index contributed by atoms with van der Waals surface area (Å²) in [5.41, 5.74) is 6.76. The fraction of sp³-hybridized carbons (Fsp3) is 0.217. The van der Waals surface area contributed by atoms with E-state index in [0.29, 0.717) is 0 Å². The summed E-state index contributed by atoms with van der Waals surface area (Å²) in [4.78, 5) is 5.66. The average molecular weight is 387 g/mol. The van der Waals surface area contributed by atoms with Crippen molar-refractivity contribution in [1.82, 2.24) is 14.6 Å². The van der Waals surface area contributed by atoms with Gasteiger partial charge in [-0.3, -0.25) is 0 Å². The number of hydrogen-bond donors (Lipinski definition) is 1.